The lowest BCUT2D eigenvalue weighted by molar-refractivity contribution is 0.550. The van der Waals surface area contributed by atoms with Gasteiger partial charge in [-0.1, -0.05) is 13.0 Å². The fourth-order valence-corrected chi connectivity index (χ4v) is 2.60. The summed E-state index contributed by atoms with van der Waals surface area (Å²) in [6.45, 7) is 6.56. The third-order valence-electron chi connectivity index (χ3n) is 2.85. The lowest BCUT2D eigenvalue weighted by Crippen LogP contribution is -2.24. The highest BCUT2D eigenvalue weighted by atomic mass is 32.1. The summed E-state index contributed by atoms with van der Waals surface area (Å²) in [6, 6.07) is 3.32. The first-order valence-electron chi connectivity index (χ1n) is 5.91. The summed E-state index contributed by atoms with van der Waals surface area (Å²) in [5, 5.41) is 3.27. The maximum Gasteiger partial charge on any atom is 0.128 e. The van der Waals surface area contributed by atoms with Crippen molar-refractivity contribution >= 4 is 11.7 Å². The molecule has 1 aromatic heterocycles. The van der Waals surface area contributed by atoms with Crippen molar-refractivity contribution in [3.8, 4) is 0 Å². The second-order valence-electron chi connectivity index (χ2n) is 4.30. The Morgan fingerprint density at radius 1 is 1.39 bits per heavy atom. The van der Waals surface area contributed by atoms with Crippen molar-refractivity contribution in [2.45, 2.75) is 26.8 Å². The lowest BCUT2D eigenvalue weighted by atomic mass is 9.96. The van der Waals surface area contributed by atoms with E-state index in [9.17, 15) is 4.39 Å². The Hall–Kier alpha value is -1.33. The predicted molar refractivity (Wildman–Crippen MR) is 71.3 cm³/mol. The molecule has 1 heterocycles. The van der Waals surface area contributed by atoms with Crippen LogP contribution < -0.4 is 5.32 Å². The molecule has 0 radical (unpaired) electrons. The molecule has 0 amide bonds. The maximum absolute atomic E-state index is 14.2. The van der Waals surface area contributed by atoms with Crippen molar-refractivity contribution in [2.75, 3.05) is 6.54 Å². The Kier molecular flexibility index (Phi) is 4.04. The quantitative estimate of drug-likeness (QED) is 0.923. The maximum atomic E-state index is 14.2. The molecule has 5 heteroatoms. The van der Waals surface area contributed by atoms with Gasteiger partial charge in [-0.3, -0.25) is 0 Å². The van der Waals surface area contributed by atoms with E-state index in [1.807, 2.05) is 26.8 Å². The van der Waals surface area contributed by atoms with Crippen molar-refractivity contribution in [1.82, 2.24) is 14.1 Å². The van der Waals surface area contributed by atoms with Gasteiger partial charge in [-0.05, 0) is 37.6 Å². The zero-order chi connectivity index (χ0) is 13.1. The van der Waals surface area contributed by atoms with E-state index >= 15 is 0 Å². The molecule has 0 aliphatic carbocycles. The third kappa shape index (κ3) is 2.57. The number of rotatable bonds is 4. The smallest absolute Gasteiger partial charge is 0.128 e. The average Bonchev–Trinajstić information content (AvgIpc) is 2.79. The SMILES string of the molecule is CCNC(c1cnsn1)c1c(C)cc(C)cc1F. The van der Waals surface area contributed by atoms with Gasteiger partial charge in [0.05, 0.1) is 29.7 Å². The van der Waals surface area contributed by atoms with Crippen LogP contribution in [-0.2, 0) is 0 Å². The van der Waals surface area contributed by atoms with Gasteiger partial charge in [0.25, 0.3) is 0 Å². The van der Waals surface area contributed by atoms with Gasteiger partial charge in [0.2, 0.25) is 0 Å². The second-order valence-corrected chi connectivity index (χ2v) is 4.86. The van der Waals surface area contributed by atoms with Crippen LogP contribution in [0.1, 0.15) is 35.3 Å². The summed E-state index contributed by atoms with van der Waals surface area (Å²) < 4.78 is 22.4. The minimum absolute atomic E-state index is 0.188. The van der Waals surface area contributed by atoms with Gasteiger partial charge < -0.3 is 5.32 Å². The molecular formula is C13H16FN3S. The van der Waals surface area contributed by atoms with E-state index in [1.165, 1.54) is 0 Å². The molecule has 0 spiro atoms. The van der Waals surface area contributed by atoms with Crippen molar-refractivity contribution in [3.63, 3.8) is 0 Å². The molecule has 18 heavy (non-hydrogen) atoms. The summed E-state index contributed by atoms with van der Waals surface area (Å²) in [7, 11) is 0. The van der Waals surface area contributed by atoms with E-state index in [1.54, 1.807) is 12.3 Å². The Labute approximate surface area is 110 Å². The Bertz CT molecular complexity index is 502. The average molecular weight is 265 g/mol. The van der Waals surface area contributed by atoms with Crippen molar-refractivity contribution in [2.24, 2.45) is 0 Å². The molecule has 0 aliphatic heterocycles. The van der Waals surface area contributed by atoms with Crippen LogP contribution >= 0.6 is 11.7 Å². The molecule has 3 nitrogen and oxygen atoms in total. The van der Waals surface area contributed by atoms with Crippen LogP contribution in [0, 0.1) is 19.7 Å². The Morgan fingerprint density at radius 2 is 2.17 bits per heavy atom. The van der Waals surface area contributed by atoms with Gasteiger partial charge >= 0.3 is 0 Å². The first-order chi connectivity index (χ1) is 8.63. The van der Waals surface area contributed by atoms with Crippen LogP contribution in [0.2, 0.25) is 0 Å². The van der Waals surface area contributed by atoms with Crippen LogP contribution in [-0.4, -0.2) is 15.3 Å². The highest BCUT2D eigenvalue weighted by molar-refractivity contribution is 6.99. The van der Waals surface area contributed by atoms with E-state index in [4.69, 9.17) is 0 Å². The number of aromatic nitrogens is 2. The summed E-state index contributed by atoms with van der Waals surface area (Å²) in [5.41, 5.74) is 3.30. The number of aryl methyl sites for hydroxylation is 2. The zero-order valence-electron chi connectivity index (χ0n) is 10.7. The Morgan fingerprint density at radius 3 is 2.72 bits per heavy atom. The van der Waals surface area contributed by atoms with Crippen LogP contribution in [0.25, 0.3) is 0 Å². The fourth-order valence-electron chi connectivity index (χ4n) is 2.15. The number of hydrogen-bond donors (Lipinski definition) is 1. The van der Waals surface area contributed by atoms with Crippen LogP contribution in [0.5, 0.6) is 0 Å². The van der Waals surface area contributed by atoms with E-state index in [0.29, 0.717) is 5.56 Å². The molecule has 1 unspecified atom stereocenters. The van der Waals surface area contributed by atoms with Crippen LogP contribution in [0.4, 0.5) is 4.39 Å². The third-order valence-corrected chi connectivity index (χ3v) is 3.34. The number of hydrogen-bond acceptors (Lipinski definition) is 4. The molecule has 96 valence electrons. The lowest BCUT2D eigenvalue weighted by Gasteiger charge is -2.19. The van der Waals surface area contributed by atoms with Crippen molar-refractivity contribution < 1.29 is 4.39 Å². The molecule has 2 aromatic rings. The van der Waals surface area contributed by atoms with Crippen molar-refractivity contribution in [3.05, 3.63) is 46.5 Å². The summed E-state index contributed by atoms with van der Waals surface area (Å²) in [6.07, 6.45) is 1.69. The van der Waals surface area contributed by atoms with Gasteiger partial charge in [-0.2, -0.15) is 8.75 Å². The predicted octanol–water partition coefficient (Wildman–Crippen LogP) is 2.99. The molecule has 0 bridgehead atoms. The number of nitrogens with zero attached hydrogens (tertiary/aromatic N) is 2. The number of benzene rings is 1. The standard InChI is InChI=1S/C13H16FN3S/c1-4-15-13(11-7-16-18-17-11)12-9(3)5-8(2)6-10(12)14/h5-7,13,15H,4H2,1-3H3. The van der Waals surface area contributed by atoms with Gasteiger partial charge in [-0.25, -0.2) is 4.39 Å². The highest BCUT2D eigenvalue weighted by Gasteiger charge is 2.21. The molecule has 1 aromatic carbocycles. The zero-order valence-corrected chi connectivity index (χ0v) is 11.5. The molecule has 0 saturated carbocycles. The molecule has 1 N–H and O–H groups in total. The minimum atomic E-state index is -0.227. The molecule has 0 fully saturated rings. The fraction of sp³-hybridized carbons (Fsp3) is 0.385. The van der Waals surface area contributed by atoms with E-state index in [-0.39, 0.29) is 11.9 Å². The van der Waals surface area contributed by atoms with E-state index in [0.717, 1.165) is 35.1 Å². The number of halogens is 1. The molecular weight excluding hydrogens is 249 g/mol. The van der Waals surface area contributed by atoms with Crippen molar-refractivity contribution in [1.29, 1.82) is 0 Å². The molecule has 0 aliphatic rings. The molecule has 0 saturated heterocycles. The van der Waals surface area contributed by atoms with Crippen LogP contribution in [0.15, 0.2) is 18.3 Å². The monoisotopic (exact) mass is 265 g/mol. The van der Waals surface area contributed by atoms with Crippen LogP contribution in [0.3, 0.4) is 0 Å². The van der Waals surface area contributed by atoms with Gasteiger partial charge in [0.1, 0.15) is 5.82 Å². The van der Waals surface area contributed by atoms with E-state index < -0.39 is 0 Å². The molecule has 2 rings (SSSR count). The highest BCUT2D eigenvalue weighted by Crippen LogP contribution is 2.27. The summed E-state index contributed by atoms with van der Waals surface area (Å²) in [5.74, 6) is -0.188. The van der Waals surface area contributed by atoms with Gasteiger partial charge in [0, 0.05) is 5.56 Å². The normalized spacial score (nSPS) is 12.7. The van der Waals surface area contributed by atoms with E-state index in [2.05, 4.69) is 14.1 Å². The summed E-state index contributed by atoms with van der Waals surface area (Å²) >= 11 is 1.14. The first-order valence-corrected chi connectivity index (χ1v) is 6.64. The molecule has 1 atom stereocenters. The summed E-state index contributed by atoms with van der Waals surface area (Å²) in [4.78, 5) is 0. The van der Waals surface area contributed by atoms with Gasteiger partial charge in [-0.15, -0.1) is 0 Å². The minimum Gasteiger partial charge on any atom is -0.305 e. The second kappa shape index (κ2) is 5.54. The number of nitrogens with one attached hydrogen (secondary N) is 1. The first kappa shape index (κ1) is 13.1. The Balaban J connectivity index is 2.49. The topological polar surface area (TPSA) is 37.8 Å². The van der Waals surface area contributed by atoms with Gasteiger partial charge in [0.15, 0.2) is 0 Å². The largest absolute Gasteiger partial charge is 0.305 e.